The van der Waals surface area contributed by atoms with Crippen LogP contribution in [0, 0.1) is 11.8 Å². The highest BCUT2D eigenvalue weighted by Gasteiger charge is 2.28. The van der Waals surface area contributed by atoms with Gasteiger partial charge in [0.05, 0.1) is 0 Å². The van der Waals surface area contributed by atoms with Crippen molar-refractivity contribution in [1.82, 2.24) is 15.1 Å². The first kappa shape index (κ1) is 25.2. The van der Waals surface area contributed by atoms with E-state index in [9.17, 15) is 9.59 Å². The maximum absolute atomic E-state index is 12.6. The Labute approximate surface area is 209 Å². The molecule has 2 aliphatic rings. The molecule has 0 atom stereocenters. The van der Waals surface area contributed by atoms with Crippen molar-refractivity contribution in [2.75, 3.05) is 39.3 Å². The van der Waals surface area contributed by atoms with Gasteiger partial charge in [-0.15, -0.1) is 0 Å². The van der Waals surface area contributed by atoms with Crippen LogP contribution in [-0.2, 0) is 22.6 Å². The first-order chi connectivity index (χ1) is 17.2. The normalized spacial score (nSPS) is 17.8. The predicted molar refractivity (Wildman–Crippen MR) is 138 cm³/mol. The molecule has 0 spiro atoms. The average Bonchev–Trinajstić information content (AvgIpc) is 2.92. The van der Waals surface area contributed by atoms with Crippen molar-refractivity contribution in [3.63, 3.8) is 0 Å². The molecule has 0 aliphatic carbocycles. The summed E-state index contributed by atoms with van der Waals surface area (Å²) < 4.78 is 5.42. The molecular formula is C29H39N3O3. The Hall–Kier alpha value is -2.86. The molecule has 35 heavy (non-hydrogen) atoms. The van der Waals surface area contributed by atoms with Gasteiger partial charge in [-0.3, -0.25) is 4.79 Å². The van der Waals surface area contributed by atoms with Gasteiger partial charge < -0.3 is 19.9 Å². The Bertz CT molecular complexity index is 905. The lowest BCUT2D eigenvalue weighted by Gasteiger charge is -2.32. The SMILES string of the molecule is O=C(NCCCN1CCC(Cc2ccccc2)CC1)C1CCN(C(=O)OCc2ccccc2)CC1. The van der Waals surface area contributed by atoms with Crippen molar-refractivity contribution in [3.05, 3.63) is 71.8 Å². The molecule has 0 saturated carbocycles. The van der Waals surface area contributed by atoms with Gasteiger partial charge in [0, 0.05) is 25.6 Å². The topological polar surface area (TPSA) is 61.9 Å². The molecule has 0 bridgehead atoms. The Morgan fingerprint density at radius 3 is 2.11 bits per heavy atom. The molecule has 2 fully saturated rings. The molecule has 2 amide bonds. The summed E-state index contributed by atoms with van der Waals surface area (Å²) in [6, 6.07) is 20.5. The maximum Gasteiger partial charge on any atom is 0.410 e. The molecule has 0 radical (unpaired) electrons. The molecule has 4 rings (SSSR count). The Kier molecular flexibility index (Phi) is 9.58. The number of carbonyl (C=O) groups is 2. The number of piperidine rings is 2. The fourth-order valence-electron chi connectivity index (χ4n) is 5.16. The highest BCUT2D eigenvalue weighted by molar-refractivity contribution is 5.79. The lowest BCUT2D eigenvalue weighted by atomic mass is 9.90. The minimum atomic E-state index is -0.291. The molecular weight excluding hydrogens is 438 g/mol. The van der Waals surface area contributed by atoms with Crippen molar-refractivity contribution in [2.45, 2.75) is 45.1 Å². The zero-order valence-electron chi connectivity index (χ0n) is 20.7. The first-order valence-electron chi connectivity index (χ1n) is 13.2. The van der Waals surface area contributed by atoms with Crippen molar-refractivity contribution < 1.29 is 14.3 Å². The number of nitrogens with one attached hydrogen (secondary N) is 1. The molecule has 0 unspecified atom stereocenters. The molecule has 2 saturated heterocycles. The second-order valence-corrected chi connectivity index (χ2v) is 9.92. The number of nitrogens with zero attached hydrogens (tertiary/aromatic N) is 2. The first-order valence-corrected chi connectivity index (χ1v) is 13.2. The van der Waals surface area contributed by atoms with Crippen LogP contribution >= 0.6 is 0 Å². The largest absolute Gasteiger partial charge is 0.445 e. The fourth-order valence-corrected chi connectivity index (χ4v) is 5.16. The van der Waals surface area contributed by atoms with E-state index in [1.807, 2.05) is 30.3 Å². The number of likely N-dealkylation sites (tertiary alicyclic amines) is 2. The van der Waals surface area contributed by atoms with Gasteiger partial charge in [0.25, 0.3) is 0 Å². The molecule has 6 nitrogen and oxygen atoms in total. The van der Waals surface area contributed by atoms with Crippen LogP contribution in [-0.4, -0.2) is 61.1 Å². The predicted octanol–water partition coefficient (Wildman–Crippen LogP) is 4.50. The Morgan fingerprint density at radius 2 is 1.46 bits per heavy atom. The zero-order chi connectivity index (χ0) is 24.3. The zero-order valence-corrected chi connectivity index (χ0v) is 20.7. The highest BCUT2D eigenvalue weighted by atomic mass is 16.6. The van der Waals surface area contributed by atoms with Crippen LogP contribution in [0.4, 0.5) is 4.79 Å². The third kappa shape index (κ3) is 8.10. The minimum absolute atomic E-state index is 0.0121. The van der Waals surface area contributed by atoms with Gasteiger partial charge in [-0.05, 0) is 75.2 Å². The van der Waals surface area contributed by atoms with Crippen LogP contribution < -0.4 is 5.32 Å². The summed E-state index contributed by atoms with van der Waals surface area (Å²) in [7, 11) is 0. The van der Waals surface area contributed by atoms with E-state index < -0.39 is 0 Å². The van der Waals surface area contributed by atoms with Crippen LogP contribution in [0.15, 0.2) is 60.7 Å². The number of ether oxygens (including phenoxy) is 1. The van der Waals surface area contributed by atoms with Crippen molar-refractivity contribution >= 4 is 12.0 Å². The van der Waals surface area contributed by atoms with Crippen LogP contribution in [0.5, 0.6) is 0 Å². The lowest BCUT2D eigenvalue weighted by molar-refractivity contribution is -0.126. The number of rotatable bonds is 9. The second kappa shape index (κ2) is 13.3. The fraction of sp³-hybridized carbons (Fsp3) is 0.517. The summed E-state index contributed by atoms with van der Waals surface area (Å²) in [5, 5.41) is 3.12. The number of amides is 2. The minimum Gasteiger partial charge on any atom is -0.445 e. The molecule has 188 valence electrons. The van der Waals surface area contributed by atoms with Crippen LogP contribution in [0.3, 0.4) is 0 Å². The number of benzene rings is 2. The summed E-state index contributed by atoms with van der Waals surface area (Å²) in [4.78, 5) is 29.2. The summed E-state index contributed by atoms with van der Waals surface area (Å²) in [5.74, 6) is 0.903. The van der Waals surface area contributed by atoms with Crippen LogP contribution in [0.2, 0.25) is 0 Å². The average molecular weight is 478 g/mol. The van der Waals surface area contributed by atoms with Gasteiger partial charge >= 0.3 is 6.09 Å². The second-order valence-electron chi connectivity index (χ2n) is 9.92. The lowest BCUT2D eigenvalue weighted by Crippen LogP contribution is -2.43. The van der Waals surface area contributed by atoms with Gasteiger partial charge in [0.15, 0.2) is 0 Å². The van der Waals surface area contributed by atoms with Gasteiger partial charge in [0.1, 0.15) is 6.61 Å². The van der Waals surface area contributed by atoms with E-state index in [-0.39, 0.29) is 24.5 Å². The molecule has 6 heteroatoms. The molecule has 1 N–H and O–H groups in total. The van der Waals surface area contributed by atoms with Gasteiger partial charge in [-0.2, -0.15) is 0 Å². The highest BCUT2D eigenvalue weighted by Crippen LogP contribution is 2.22. The third-order valence-electron chi connectivity index (χ3n) is 7.35. The van der Waals surface area contributed by atoms with Crippen LogP contribution in [0.25, 0.3) is 0 Å². The quantitative estimate of drug-likeness (QED) is 0.541. The summed E-state index contributed by atoms with van der Waals surface area (Å²) in [5.41, 5.74) is 2.43. The molecule has 0 aromatic heterocycles. The van der Waals surface area contributed by atoms with Gasteiger partial charge in [0.2, 0.25) is 5.91 Å². The van der Waals surface area contributed by atoms with E-state index in [1.54, 1.807) is 4.90 Å². The number of hydrogen-bond donors (Lipinski definition) is 1. The molecule has 2 aromatic carbocycles. The number of hydrogen-bond acceptors (Lipinski definition) is 4. The monoisotopic (exact) mass is 477 g/mol. The van der Waals surface area contributed by atoms with Crippen molar-refractivity contribution in [1.29, 1.82) is 0 Å². The van der Waals surface area contributed by atoms with Crippen LogP contribution in [0.1, 0.15) is 43.2 Å². The van der Waals surface area contributed by atoms with E-state index in [0.29, 0.717) is 25.9 Å². The summed E-state index contributed by atoms with van der Waals surface area (Å²) in [6.45, 7) is 5.51. The van der Waals surface area contributed by atoms with E-state index in [2.05, 4.69) is 40.5 Å². The molecule has 2 aliphatic heterocycles. The van der Waals surface area contributed by atoms with Crippen molar-refractivity contribution in [3.8, 4) is 0 Å². The summed E-state index contributed by atoms with van der Waals surface area (Å²) >= 11 is 0. The van der Waals surface area contributed by atoms with Gasteiger partial charge in [-0.1, -0.05) is 60.7 Å². The van der Waals surface area contributed by atoms with Gasteiger partial charge in [-0.25, -0.2) is 4.79 Å². The maximum atomic E-state index is 12.6. The standard InChI is InChI=1S/C29H39N3O3/c33-28(27-14-20-32(21-15-27)29(34)35-23-26-10-5-2-6-11-26)30-16-7-17-31-18-12-25(13-19-31)22-24-8-3-1-4-9-24/h1-6,8-11,25,27H,7,12-23H2,(H,30,33). The van der Waals surface area contributed by atoms with E-state index in [4.69, 9.17) is 4.74 Å². The van der Waals surface area contributed by atoms with E-state index in [1.165, 1.54) is 24.8 Å². The number of carbonyl (C=O) groups excluding carboxylic acids is 2. The Morgan fingerprint density at radius 1 is 0.829 bits per heavy atom. The third-order valence-corrected chi connectivity index (χ3v) is 7.35. The molecule has 2 heterocycles. The van der Waals surface area contributed by atoms with E-state index in [0.717, 1.165) is 44.1 Å². The Balaban J connectivity index is 1.05. The van der Waals surface area contributed by atoms with E-state index >= 15 is 0 Å². The molecule has 2 aromatic rings. The van der Waals surface area contributed by atoms with Crippen molar-refractivity contribution in [2.24, 2.45) is 11.8 Å². The smallest absolute Gasteiger partial charge is 0.410 e. The summed E-state index contributed by atoms with van der Waals surface area (Å²) in [6.07, 6.45) is 5.79.